The van der Waals surface area contributed by atoms with Crippen LogP contribution in [0.5, 0.6) is 0 Å². The molecule has 0 saturated carbocycles. The molecule has 0 N–H and O–H groups in total. The first-order valence-electron chi connectivity index (χ1n) is 13.6. The van der Waals surface area contributed by atoms with Gasteiger partial charge in [-0.05, 0) is 37.4 Å². The fourth-order valence-electron chi connectivity index (χ4n) is 5.52. The zero-order chi connectivity index (χ0) is 29.3. The quantitative estimate of drug-likeness (QED) is 0.362. The minimum Gasteiger partial charge on any atom is -0.352 e. The molecule has 2 aliphatic heterocycles. The van der Waals surface area contributed by atoms with Crippen molar-refractivity contribution in [1.29, 1.82) is 5.26 Å². The van der Waals surface area contributed by atoms with Crippen molar-refractivity contribution in [2.45, 2.75) is 32.4 Å². The lowest BCUT2D eigenvalue weighted by Crippen LogP contribution is -2.60. The smallest absolute Gasteiger partial charge is 0.298 e. The lowest BCUT2D eigenvalue weighted by atomic mass is 10.1. The summed E-state index contributed by atoms with van der Waals surface area (Å²) in [6, 6.07) is 7.04. The second-order valence-electron chi connectivity index (χ2n) is 10.0. The summed E-state index contributed by atoms with van der Waals surface area (Å²) in [6.07, 6.45) is 2.98. The molecule has 0 spiro atoms. The van der Waals surface area contributed by atoms with Crippen LogP contribution in [0.1, 0.15) is 20.3 Å². The van der Waals surface area contributed by atoms with Gasteiger partial charge in [0.15, 0.2) is 0 Å². The van der Waals surface area contributed by atoms with Gasteiger partial charge in [-0.2, -0.15) is 20.0 Å². The molecule has 11 nitrogen and oxygen atoms in total. The van der Waals surface area contributed by atoms with Gasteiger partial charge in [0, 0.05) is 43.8 Å². The minimum absolute atomic E-state index is 0.155. The number of nitrogens with zero attached hydrogens (tertiary/aromatic N) is 9. The maximum atomic E-state index is 13.9. The van der Waals surface area contributed by atoms with Gasteiger partial charge in [-0.1, -0.05) is 43.6 Å². The Kier molecular flexibility index (Phi) is 8.45. The topological polar surface area (TPSA) is 114 Å². The van der Waals surface area contributed by atoms with E-state index in [0.29, 0.717) is 58.6 Å². The SMILES string of the molecule is C=CC(=O)N1CCN(c2nc(N3CC(N(CC)CC)C3)nc3c(=O)n(-c4cc(Cl)ccc4Cl)ncc23)CC1CC#N. The van der Waals surface area contributed by atoms with E-state index in [9.17, 15) is 14.9 Å². The normalized spacial score (nSPS) is 17.6. The van der Waals surface area contributed by atoms with E-state index in [1.165, 1.54) is 10.8 Å². The van der Waals surface area contributed by atoms with E-state index >= 15 is 0 Å². The van der Waals surface area contributed by atoms with Crippen LogP contribution in [-0.4, -0.2) is 93.4 Å². The van der Waals surface area contributed by atoms with Crippen LogP contribution >= 0.6 is 23.2 Å². The molecule has 214 valence electrons. The summed E-state index contributed by atoms with van der Waals surface area (Å²) in [5.74, 6) is 0.771. The molecule has 2 aliphatic rings. The number of nitriles is 1. The lowest BCUT2D eigenvalue weighted by molar-refractivity contribution is -0.128. The van der Waals surface area contributed by atoms with E-state index in [1.807, 2.05) is 4.90 Å². The van der Waals surface area contributed by atoms with Crippen molar-refractivity contribution in [2.24, 2.45) is 0 Å². The van der Waals surface area contributed by atoms with Crippen LogP contribution in [-0.2, 0) is 4.79 Å². The van der Waals surface area contributed by atoms with Crippen LogP contribution in [0.4, 0.5) is 11.8 Å². The molecular formula is C28H31Cl2N9O2. The molecule has 4 heterocycles. The lowest BCUT2D eigenvalue weighted by Gasteiger charge is -2.45. The summed E-state index contributed by atoms with van der Waals surface area (Å²) in [6.45, 7) is 12.5. The van der Waals surface area contributed by atoms with Crippen LogP contribution in [0.25, 0.3) is 16.6 Å². The van der Waals surface area contributed by atoms with Crippen molar-refractivity contribution in [3.63, 3.8) is 0 Å². The van der Waals surface area contributed by atoms with E-state index in [4.69, 9.17) is 33.2 Å². The summed E-state index contributed by atoms with van der Waals surface area (Å²) in [5, 5.41) is 15.1. The van der Waals surface area contributed by atoms with E-state index < -0.39 is 5.56 Å². The molecule has 1 amide bonds. The molecule has 3 aromatic rings. The Bertz CT molecular complexity index is 1580. The number of anilines is 2. The zero-order valence-corrected chi connectivity index (χ0v) is 24.5. The van der Waals surface area contributed by atoms with Gasteiger partial charge >= 0.3 is 0 Å². The number of rotatable bonds is 8. The molecule has 41 heavy (non-hydrogen) atoms. The van der Waals surface area contributed by atoms with Crippen molar-refractivity contribution in [3.8, 4) is 11.8 Å². The van der Waals surface area contributed by atoms with Crippen LogP contribution in [0.3, 0.4) is 0 Å². The second-order valence-corrected chi connectivity index (χ2v) is 10.9. The Labute approximate surface area is 248 Å². The molecular weight excluding hydrogens is 565 g/mol. The first-order chi connectivity index (χ1) is 19.8. The van der Waals surface area contributed by atoms with Gasteiger partial charge in [0.25, 0.3) is 5.56 Å². The third-order valence-electron chi connectivity index (χ3n) is 7.79. The number of hydrogen-bond acceptors (Lipinski definition) is 9. The van der Waals surface area contributed by atoms with E-state index in [0.717, 1.165) is 26.2 Å². The highest BCUT2D eigenvalue weighted by atomic mass is 35.5. The second kappa shape index (κ2) is 12.0. The monoisotopic (exact) mass is 595 g/mol. The maximum Gasteiger partial charge on any atom is 0.298 e. The molecule has 1 unspecified atom stereocenters. The number of aromatic nitrogens is 4. The number of likely N-dealkylation sites (N-methyl/N-ethyl adjacent to an activating group) is 1. The zero-order valence-electron chi connectivity index (χ0n) is 23.0. The van der Waals surface area contributed by atoms with Gasteiger partial charge in [0.05, 0.1) is 40.8 Å². The fourth-order valence-corrected chi connectivity index (χ4v) is 5.89. The number of piperazine rings is 1. The summed E-state index contributed by atoms with van der Waals surface area (Å²) >= 11 is 12.6. The van der Waals surface area contributed by atoms with Crippen LogP contribution in [0.2, 0.25) is 10.0 Å². The van der Waals surface area contributed by atoms with Crippen molar-refractivity contribution < 1.29 is 4.79 Å². The Morgan fingerprint density at radius 3 is 2.61 bits per heavy atom. The van der Waals surface area contributed by atoms with Crippen LogP contribution in [0, 0.1) is 11.3 Å². The first kappa shape index (κ1) is 28.8. The Balaban J connectivity index is 1.60. The van der Waals surface area contributed by atoms with Gasteiger partial charge in [0.2, 0.25) is 11.9 Å². The summed E-state index contributed by atoms with van der Waals surface area (Å²) in [5.41, 5.74) is 0.0964. The number of hydrogen-bond donors (Lipinski definition) is 0. The van der Waals surface area contributed by atoms with E-state index in [-0.39, 0.29) is 23.9 Å². The van der Waals surface area contributed by atoms with Crippen molar-refractivity contribution in [3.05, 3.63) is 57.4 Å². The highest BCUT2D eigenvalue weighted by Crippen LogP contribution is 2.30. The molecule has 2 fully saturated rings. The minimum atomic E-state index is -0.452. The molecule has 2 aromatic heterocycles. The average molecular weight is 597 g/mol. The number of halogens is 2. The molecule has 13 heteroatoms. The van der Waals surface area contributed by atoms with Crippen molar-refractivity contribution in [2.75, 3.05) is 55.6 Å². The van der Waals surface area contributed by atoms with E-state index in [1.54, 1.807) is 29.3 Å². The largest absolute Gasteiger partial charge is 0.352 e. The van der Waals surface area contributed by atoms with Crippen molar-refractivity contribution in [1.82, 2.24) is 29.5 Å². The Morgan fingerprint density at radius 1 is 1.17 bits per heavy atom. The molecule has 0 aliphatic carbocycles. The van der Waals surface area contributed by atoms with Crippen LogP contribution in [0.15, 0.2) is 41.8 Å². The van der Waals surface area contributed by atoms with Gasteiger partial charge in [-0.15, -0.1) is 0 Å². The summed E-state index contributed by atoms with van der Waals surface area (Å²) < 4.78 is 1.20. The molecule has 0 bridgehead atoms. The number of fused-ring (bicyclic) bond motifs is 1. The van der Waals surface area contributed by atoms with Crippen LogP contribution < -0.4 is 15.4 Å². The highest BCUT2D eigenvalue weighted by molar-refractivity contribution is 6.34. The molecule has 1 aromatic carbocycles. The molecule has 5 rings (SSSR count). The predicted octanol–water partition coefficient (Wildman–Crippen LogP) is 3.13. The standard InChI is InChI=1S/C28H31Cl2N9O2/c1-4-24(40)38-12-11-36(15-19(38)9-10-31)26-21-14-32-39(23-13-18(29)7-8-22(23)30)27(41)25(21)33-28(34-26)37-16-20(17-37)35(5-2)6-3/h4,7-8,13-14,19-20H,1,5-6,9,11-12,15-17H2,2-3H3. The van der Waals surface area contributed by atoms with Gasteiger partial charge < -0.3 is 14.7 Å². The van der Waals surface area contributed by atoms with Crippen molar-refractivity contribution >= 4 is 51.8 Å². The summed E-state index contributed by atoms with van der Waals surface area (Å²) in [7, 11) is 0. The Morgan fingerprint density at radius 2 is 1.93 bits per heavy atom. The summed E-state index contributed by atoms with van der Waals surface area (Å²) in [4.78, 5) is 44.1. The molecule has 0 radical (unpaired) electrons. The maximum absolute atomic E-state index is 13.9. The predicted molar refractivity (Wildman–Crippen MR) is 160 cm³/mol. The third-order valence-corrected chi connectivity index (χ3v) is 8.34. The number of benzene rings is 1. The molecule has 2 saturated heterocycles. The first-order valence-corrected chi connectivity index (χ1v) is 14.3. The Hall–Kier alpha value is -3.72. The average Bonchev–Trinajstić information content (AvgIpc) is 2.95. The third kappa shape index (κ3) is 5.47. The number of carbonyl (C=O) groups is 1. The fraction of sp³-hybridized carbons (Fsp3) is 0.429. The van der Waals surface area contributed by atoms with Gasteiger partial charge in [-0.3, -0.25) is 14.5 Å². The number of carbonyl (C=O) groups excluding carboxylic acids is 1. The highest BCUT2D eigenvalue weighted by Gasteiger charge is 2.35. The number of amides is 1. The van der Waals surface area contributed by atoms with Gasteiger partial charge in [0.1, 0.15) is 11.3 Å². The van der Waals surface area contributed by atoms with Gasteiger partial charge in [-0.25, -0.2) is 4.98 Å². The molecule has 1 atom stereocenters. The van der Waals surface area contributed by atoms with E-state index in [2.05, 4.69) is 41.4 Å².